The summed E-state index contributed by atoms with van der Waals surface area (Å²) in [6.07, 6.45) is 5.53. The van der Waals surface area contributed by atoms with E-state index < -0.39 is 0 Å². The zero-order chi connectivity index (χ0) is 21.3. The highest BCUT2D eigenvalue weighted by atomic mass is 79.9. The van der Waals surface area contributed by atoms with E-state index in [2.05, 4.69) is 74.0 Å². The van der Waals surface area contributed by atoms with Crippen LogP contribution in [0.3, 0.4) is 0 Å². The summed E-state index contributed by atoms with van der Waals surface area (Å²) >= 11 is 3.88. The minimum atomic E-state index is 0.122. The summed E-state index contributed by atoms with van der Waals surface area (Å²) in [4.78, 5) is 0. The molecule has 2 aromatic carbocycles. The predicted molar refractivity (Wildman–Crippen MR) is 126 cm³/mol. The third-order valence-corrected chi connectivity index (χ3v) is 8.75. The number of hydrogen-bond acceptors (Lipinski definition) is 2. The van der Waals surface area contributed by atoms with Gasteiger partial charge in [-0.05, 0) is 84.6 Å². The van der Waals surface area contributed by atoms with Gasteiger partial charge in [-0.2, -0.15) is 0 Å². The third kappa shape index (κ3) is 3.07. The standard InChI is InChI=1S/C27H33BrO2/c1-16-8-22(21-7-6-19(12-24(21)28)26(2,3)4)25(30-15-29-5)23(9-16)27-13-17-10-20(27)11-18(17)14-27/h6-9,12,17-18,20H,10-11,13-15H2,1-5H3. The van der Waals surface area contributed by atoms with E-state index in [1.807, 2.05) is 0 Å². The molecule has 0 aliphatic heterocycles. The monoisotopic (exact) mass is 468 g/mol. The predicted octanol–water partition coefficient (Wildman–Crippen LogP) is 7.39. The molecule has 0 amide bonds. The van der Waals surface area contributed by atoms with Crippen molar-refractivity contribution >= 4 is 15.9 Å². The van der Waals surface area contributed by atoms with Crippen LogP contribution in [-0.4, -0.2) is 13.9 Å². The summed E-state index contributed by atoms with van der Waals surface area (Å²) < 4.78 is 12.9. The molecule has 0 N–H and O–H groups in total. The Morgan fingerprint density at radius 1 is 1.03 bits per heavy atom. The molecule has 0 spiro atoms. The SMILES string of the molecule is COCOc1c(-c2ccc(C(C)(C)C)cc2Br)cc(C)cc1C12CC3CC1CC3C2. The van der Waals surface area contributed by atoms with Crippen molar-refractivity contribution in [1.82, 2.24) is 0 Å². The largest absolute Gasteiger partial charge is 0.467 e. The Labute approximate surface area is 189 Å². The first-order valence-corrected chi connectivity index (χ1v) is 12.1. The molecule has 0 radical (unpaired) electrons. The Kier molecular flexibility index (Phi) is 4.87. The second kappa shape index (κ2) is 7.10. The summed E-state index contributed by atoms with van der Waals surface area (Å²) in [5, 5.41) is 0. The van der Waals surface area contributed by atoms with E-state index in [0.717, 1.165) is 28.0 Å². The van der Waals surface area contributed by atoms with Crippen molar-refractivity contribution in [1.29, 1.82) is 0 Å². The van der Waals surface area contributed by atoms with Gasteiger partial charge in [-0.3, -0.25) is 0 Å². The fraction of sp³-hybridized carbons (Fsp3) is 0.556. The van der Waals surface area contributed by atoms with Gasteiger partial charge < -0.3 is 9.47 Å². The van der Waals surface area contributed by atoms with E-state index >= 15 is 0 Å². The molecule has 0 aromatic heterocycles. The second-order valence-corrected chi connectivity index (χ2v) is 11.8. The number of hydrogen-bond donors (Lipinski definition) is 0. The van der Waals surface area contributed by atoms with Gasteiger partial charge in [0.15, 0.2) is 6.79 Å². The molecular formula is C27H33BrO2. The van der Waals surface area contributed by atoms with Gasteiger partial charge in [0.1, 0.15) is 5.75 Å². The lowest BCUT2D eigenvalue weighted by Crippen LogP contribution is -2.26. The van der Waals surface area contributed by atoms with Crippen LogP contribution in [-0.2, 0) is 15.6 Å². The van der Waals surface area contributed by atoms with Gasteiger partial charge in [0, 0.05) is 28.1 Å². The maximum atomic E-state index is 6.36. The molecule has 30 heavy (non-hydrogen) atoms. The van der Waals surface area contributed by atoms with Crippen LogP contribution in [0.5, 0.6) is 5.75 Å². The summed E-state index contributed by atoms with van der Waals surface area (Å²) in [6.45, 7) is 9.29. The number of benzene rings is 2. The maximum Gasteiger partial charge on any atom is 0.188 e. The van der Waals surface area contributed by atoms with Crippen LogP contribution in [0.15, 0.2) is 34.8 Å². The van der Waals surface area contributed by atoms with Crippen molar-refractivity contribution in [3.63, 3.8) is 0 Å². The average Bonchev–Trinajstić information content (AvgIpc) is 3.41. The quantitative estimate of drug-likeness (QED) is 0.425. The molecule has 160 valence electrons. The molecule has 6 rings (SSSR count). The maximum absolute atomic E-state index is 6.36. The molecule has 4 saturated carbocycles. The number of methoxy groups -OCH3 is 1. The van der Waals surface area contributed by atoms with E-state index in [1.54, 1.807) is 7.11 Å². The smallest absolute Gasteiger partial charge is 0.188 e. The first-order chi connectivity index (χ1) is 14.2. The van der Waals surface area contributed by atoms with Gasteiger partial charge in [0.25, 0.3) is 0 Å². The molecule has 2 nitrogen and oxygen atoms in total. The molecule has 4 bridgehead atoms. The summed E-state index contributed by atoms with van der Waals surface area (Å²) in [5.41, 5.74) is 6.92. The van der Waals surface area contributed by atoms with Gasteiger partial charge >= 0.3 is 0 Å². The molecule has 4 aliphatic carbocycles. The van der Waals surface area contributed by atoms with Crippen molar-refractivity contribution in [2.24, 2.45) is 17.8 Å². The van der Waals surface area contributed by atoms with Crippen molar-refractivity contribution in [3.05, 3.63) is 51.5 Å². The van der Waals surface area contributed by atoms with E-state index in [4.69, 9.17) is 9.47 Å². The summed E-state index contributed by atoms with van der Waals surface area (Å²) in [6, 6.07) is 11.5. The van der Waals surface area contributed by atoms with Crippen LogP contribution < -0.4 is 4.74 Å². The lowest BCUT2D eigenvalue weighted by Gasteiger charge is -2.33. The zero-order valence-corrected chi connectivity index (χ0v) is 20.4. The molecule has 0 heterocycles. The van der Waals surface area contributed by atoms with Crippen molar-refractivity contribution in [3.8, 4) is 16.9 Å². The van der Waals surface area contributed by atoms with Gasteiger partial charge in [-0.1, -0.05) is 54.9 Å². The number of ether oxygens (including phenoxy) is 2. The van der Waals surface area contributed by atoms with E-state index in [9.17, 15) is 0 Å². The topological polar surface area (TPSA) is 18.5 Å². The van der Waals surface area contributed by atoms with Gasteiger partial charge in [0.05, 0.1) is 0 Å². The highest BCUT2D eigenvalue weighted by molar-refractivity contribution is 9.10. The van der Waals surface area contributed by atoms with E-state index in [-0.39, 0.29) is 12.2 Å². The van der Waals surface area contributed by atoms with Crippen LogP contribution in [0.25, 0.3) is 11.1 Å². The molecule has 2 aromatic rings. The number of aryl methyl sites for hydroxylation is 1. The van der Waals surface area contributed by atoms with Gasteiger partial charge in [-0.15, -0.1) is 0 Å². The molecule has 3 heteroatoms. The van der Waals surface area contributed by atoms with Crippen LogP contribution in [0.1, 0.15) is 63.1 Å². The van der Waals surface area contributed by atoms with E-state index in [0.29, 0.717) is 5.41 Å². The first-order valence-electron chi connectivity index (χ1n) is 11.3. The lowest BCUT2D eigenvalue weighted by molar-refractivity contribution is 0.0497. The average molecular weight is 469 g/mol. The van der Waals surface area contributed by atoms with Crippen LogP contribution in [0.2, 0.25) is 0 Å². The Bertz CT molecular complexity index is 973. The molecule has 2 atom stereocenters. The fourth-order valence-corrected chi connectivity index (χ4v) is 7.36. The minimum absolute atomic E-state index is 0.122. The Hall–Kier alpha value is -1.32. The molecule has 4 aliphatic rings. The van der Waals surface area contributed by atoms with Crippen LogP contribution >= 0.6 is 15.9 Å². The Morgan fingerprint density at radius 3 is 2.27 bits per heavy atom. The van der Waals surface area contributed by atoms with Gasteiger partial charge in [0.2, 0.25) is 0 Å². The first kappa shape index (κ1) is 20.6. The minimum Gasteiger partial charge on any atom is -0.467 e. The van der Waals surface area contributed by atoms with Crippen LogP contribution in [0.4, 0.5) is 0 Å². The summed E-state index contributed by atoms with van der Waals surface area (Å²) in [5.74, 6) is 3.75. The van der Waals surface area contributed by atoms with Gasteiger partial charge in [-0.25, -0.2) is 0 Å². The van der Waals surface area contributed by atoms with Crippen LogP contribution in [0, 0.1) is 24.7 Å². The Balaban J connectivity index is 1.67. The normalized spacial score (nSPS) is 29.2. The zero-order valence-electron chi connectivity index (χ0n) is 18.8. The Morgan fingerprint density at radius 2 is 1.73 bits per heavy atom. The van der Waals surface area contributed by atoms with E-state index in [1.165, 1.54) is 53.5 Å². The molecule has 0 saturated heterocycles. The lowest BCUT2D eigenvalue weighted by atomic mass is 9.73. The highest BCUT2D eigenvalue weighted by Crippen LogP contribution is 2.71. The summed E-state index contributed by atoms with van der Waals surface area (Å²) in [7, 11) is 1.71. The van der Waals surface area contributed by atoms with Crippen molar-refractivity contribution in [2.75, 3.05) is 13.9 Å². The third-order valence-electron chi connectivity index (χ3n) is 8.09. The fourth-order valence-electron chi connectivity index (χ4n) is 6.77. The number of halogens is 1. The highest BCUT2D eigenvalue weighted by Gasteiger charge is 2.64. The molecular weight excluding hydrogens is 436 g/mol. The van der Waals surface area contributed by atoms with Crippen molar-refractivity contribution in [2.45, 2.75) is 64.2 Å². The molecule has 2 unspecified atom stereocenters. The second-order valence-electron chi connectivity index (χ2n) is 10.9. The molecule has 4 fully saturated rings. The number of rotatable bonds is 5. The van der Waals surface area contributed by atoms with Crippen molar-refractivity contribution < 1.29 is 9.47 Å².